The molecule has 0 saturated carbocycles. The zero-order valence-electron chi connectivity index (χ0n) is 60.8. The van der Waals surface area contributed by atoms with Crippen LogP contribution in [0.1, 0.15) is 502 Å². The molecule has 0 radical (unpaired) electrons. The van der Waals surface area contributed by atoms with Crippen molar-refractivity contribution in [3.05, 3.63) is 0 Å². The average Bonchev–Trinajstić information content (AvgIpc) is 3.55. The van der Waals surface area contributed by atoms with Gasteiger partial charge in [-0.1, -0.05) is 476 Å². The van der Waals surface area contributed by atoms with Gasteiger partial charge >= 0.3 is 11.9 Å². The summed E-state index contributed by atoms with van der Waals surface area (Å²) in [5.41, 5.74) is 0. The molecule has 0 saturated heterocycles. The standard InChI is InChI=1S/C83H164O5/c1-3-5-7-9-11-13-15-17-19-21-23-25-27-29-31-33-35-37-39-41-43-45-47-49-51-53-55-57-59-61-63-65-67-69-71-73-75-77-82(85)87-80-81(79-84)88-83(86)78-76-74-72-70-68-66-64-62-60-58-56-54-52-50-48-46-44-42-40-38-36-34-32-30-28-26-24-22-20-18-16-14-12-10-8-6-4-2/h81,84H,3-80H2,1-2H3. The van der Waals surface area contributed by atoms with Crippen LogP contribution in [-0.4, -0.2) is 36.4 Å². The van der Waals surface area contributed by atoms with Crippen LogP contribution in [0.2, 0.25) is 0 Å². The number of esters is 2. The molecule has 0 aromatic rings. The van der Waals surface area contributed by atoms with Crippen LogP contribution < -0.4 is 0 Å². The Morgan fingerprint density at radius 2 is 0.352 bits per heavy atom. The first-order chi connectivity index (χ1) is 43.6. The van der Waals surface area contributed by atoms with Crippen molar-refractivity contribution < 1.29 is 24.2 Å². The van der Waals surface area contributed by atoms with Crippen molar-refractivity contribution in [1.82, 2.24) is 0 Å². The highest BCUT2D eigenvalue weighted by Gasteiger charge is 2.16. The molecule has 0 heterocycles. The third kappa shape index (κ3) is 77.3. The summed E-state index contributed by atoms with van der Waals surface area (Å²) in [4.78, 5) is 24.7. The number of hydrogen-bond donors (Lipinski definition) is 1. The van der Waals surface area contributed by atoms with Crippen LogP contribution >= 0.6 is 0 Å². The molecule has 0 rings (SSSR count). The fourth-order valence-electron chi connectivity index (χ4n) is 13.7. The van der Waals surface area contributed by atoms with Gasteiger partial charge < -0.3 is 14.6 Å². The van der Waals surface area contributed by atoms with Crippen molar-refractivity contribution in [3.8, 4) is 0 Å². The van der Waals surface area contributed by atoms with Crippen molar-refractivity contribution in [2.45, 2.75) is 508 Å². The van der Waals surface area contributed by atoms with Crippen LogP contribution in [-0.2, 0) is 19.1 Å². The predicted octanol–water partition coefficient (Wildman–Crippen LogP) is 29.1. The van der Waals surface area contributed by atoms with E-state index in [-0.39, 0.29) is 25.2 Å². The summed E-state index contributed by atoms with van der Waals surface area (Å²) in [6.45, 7) is 4.24. The molecular formula is C83H164O5. The molecular weight excluding hydrogens is 1080 g/mol. The number of aliphatic hydroxyl groups excluding tert-OH is 1. The molecule has 0 fully saturated rings. The molecule has 526 valence electrons. The largest absolute Gasteiger partial charge is 0.462 e. The second kappa shape index (κ2) is 80.1. The minimum Gasteiger partial charge on any atom is -0.462 e. The molecule has 0 spiro atoms. The Labute approximate surface area is 554 Å². The topological polar surface area (TPSA) is 72.8 Å². The molecule has 5 nitrogen and oxygen atoms in total. The molecule has 88 heavy (non-hydrogen) atoms. The Bertz CT molecular complexity index is 1270. The Morgan fingerprint density at radius 3 is 0.500 bits per heavy atom. The van der Waals surface area contributed by atoms with E-state index in [9.17, 15) is 14.7 Å². The van der Waals surface area contributed by atoms with Crippen molar-refractivity contribution in [3.63, 3.8) is 0 Å². The van der Waals surface area contributed by atoms with Crippen LogP contribution in [0.3, 0.4) is 0 Å². The van der Waals surface area contributed by atoms with Gasteiger partial charge in [-0.3, -0.25) is 9.59 Å². The number of aliphatic hydroxyl groups is 1. The first kappa shape index (κ1) is 86.9. The van der Waals surface area contributed by atoms with Crippen LogP contribution in [0.4, 0.5) is 0 Å². The van der Waals surface area contributed by atoms with Gasteiger partial charge in [0, 0.05) is 12.8 Å². The third-order valence-electron chi connectivity index (χ3n) is 19.9. The van der Waals surface area contributed by atoms with Crippen LogP contribution in [0.15, 0.2) is 0 Å². The normalized spacial score (nSPS) is 12.0. The van der Waals surface area contributed by atoms with Gasteiger partial charge in [0.05, 0.1) is 6.61 Å². The first-order valence-corrected chi connectivity index (χ1v) is 41.6. The van der Waals surface area contributed by atoms with Gasteiger partial charge in [0.1, 0.15) is 6.61 Å². The molecule has 0 bridgehead atoms. The van der Waals surface area contributed by atoms with E-state index in [2.05, 4.69) is 13.8 Å². The van der Waals surface area contributed by atoms with Gasteiger partial charge in [-0.15, -0.1) is 0 Å². The number of unbranched alkanes of at least 4 members (excludes halogenated alkanes) is 72. The van der Waals surface area contributed by atoms with Gasteiger partial charge in [-0.25, -0.2) is 0 Å². The van der Waals surface area contributed by atoms with Crippen molar-refractivity contribution >= 4 is 11.9 Å². The number of ether oxygens (including phenoxy) is 2. The molecule has 1 N–H and O–H groups in total. The lowest BCUT2D eigenvalue weighted by Gasteiger charge is -2.15. The van der Waals surface area contributed by atoms with Crippen LogP contribution in [0, 0.1) is 0 Å². The van der Waals surface area contributed by atoms with Gasteiger partial charge in [0.2, 0.25) is 0 Å². The van der Waals surface area contributed by atoms with Crippen LogP contribution in [0.5, 0.6) is 0 Å². The smallest absolute Gasteiger partial charge is 0.306 e. The molecule has 0 aromatic heterocycles. The maximum Gasteiger partial charge on any atom is 0.306 e. The quantitative estimate of drug-likeness (QED) is 0.0485. The Balaban J connectivity index is 3.32. The number of carbonyl (C=O) groups excluding carboxylic acids is 2. The number of rotatable bonds is 80. The summed E-state index contributed by atoms with van der Waals surface area (Å²) in [5, 5.41) is 9.73. The van der Waals surface area contributed by atoms with Gasteiger partial charge in [-0.05, 0) is 12.8 Å². The minimum atomic E-state index is -0.767. The summed E-state index contributed by atoms with van der Waals surface area (Å²) in [6, 6.07) is 0. The van der Waals surface area contributed by atoms with Gasteiger partial charge in [-0.2, -0.15) is 0 Å². The van der Waals surface area contributed by atoms with Crippen molar-refractivity contribution in [1.29, 1.82) is 0 Å². The highest BCUT2D eigenvalue weighted by Crippen LogP contribution is 2.21. The van der Waals surface area contributed by atoms with E-state index in [1.807, 2.05) is 0 Å². The van der Waals surface area contributed by atoms with E-state index < -0.39 is 6.10 Å². The highest BCUT2D eigenvalue weighted by molar-refractivity contribution is 5.70. The van der Waals surface area contributed by atoms with E-state index in [4.69, 9.17) is 9.47 Å². The second-order valence-corrected chi connectivity index (χ2v) is 28.9. The van der Waals surface area contributed by atoms with Crippen molar-refractivity contribution in [2.24, 2.45) is 0 Å². The monoisotopic (exact) mass is 1240 g/mol. The molecule has 0 aliphatic heterocycles. The Hall–Kier alpha value is -1.10. The maximum atomic E-state index is 12.4. The Kier molecular flexibility index (Phi) is 79.1. The molecule has 1 atom stereocenters. The van der Waals surface area contributed by atoms with E-state index in [1.165, 1.54) is 443 Å². The summed E-state index contributed by atoms with van der Waals surface area (Å²) >= 11 is 0. The zero-order valence-corrected chi connectivity index (χ0v) is 60.8. The highest BCUT2D eigenvalue weighted by atomic mass is 16.6. The fourth-order valence-corrected chi connectivity index (χ4v) is 13.7. The maximum absolute atomic E-state index is 12.4. The van der Waals surface area contributed by atoms with Crippen LogP contribution in [0.25, 0.3) is 0 Å². The SMILES string of the molecule is CCCCCCCCCCCCCCCCCCCCCCCCCCCCCCCCCCCCCCCC(=O)OCC(CO)OC(=O)CCCCCCCCCCCCCCCCCCCCCCCCCCCCCCCCCCCCCCC. The molecule has 5 heteroatoms. The Morgan fingerprint density at radius 1 is 0.216 bits per heavy atom. The summed E-state index contributed by atoms with van der Waals surface area (Å²) < 4.78 is 10.8. The van der Waals surface area contributed by atoms with E-state index in [0.29, 0.717) is 12.8 Å². The summed E-state index contributed by atoms with van der Waals surface area (Å²) in [5.74, 6) is -0.555. The average molecular weight is 1240 g/mol. The third-order valence-corrected chi connectivity index (χ3v) is 19.9. The number of carbonyl (C=O) groups is 2. The zero-order chi connectivity index (χ0) is 63.3. The van der Waals surface area contributed by atoms with E-state index in [1.54, 1.807) is 0 Å². The summed E-state index contributed by atoms with van der Waals surface area (Å²) in [7, 11) is 0. The number of hydrogen-bond acceptors (Lipinski definition) is 5. The fraction of sp³-hybridized carbons (Fsp3) is 0.976. The molecule has 0 aliphatic rings. The summed E-state index contributed by atoms with van der Waals surface area (Å²) in [6.07, 6.45) is 104. The van der Waals surface area contributed by atoms with E-state index in [0.717, 1.165) is 32.1 Å². The second-order valence-electron chi connectivity index (χ2n) is 28.9. The lowest BCUT2D eigenvalue weighted by atomic mass is 10.0. The van der Waals surface area contributed by atoms with Gasteiger partial charge in [0.15, 0.2) is 6.10 Å². The predicted molar refractivity (Wildman–Crippen MR) is 390 cm³/mol. The molecule has 0 amide bonds. The van der Waals surface area contributed by atoms with E-state index >= 15 is 0 Å². The molecule has 1 unspecified atom stereocenters. The lowest BCUT2D eigenvalue weighted by molar-refractivity contribution is -0.161. The molecule has 0 aromatic carbocycles. The lowest BCUT2D eigenvalue weighted by Crippen LogP contribution is -2.28. The first-order valence-electron chi connectivity index (χ1n) is 41.6. The van der Waals surface area contributed by atoms with Crippen molar-refractivity contribution in [2.75, 3.05) is 13.2 Å². The minimum absolute atomic E-state index is 0.0550. The van der Waals surface area contributed by atoms with Gasteiger partial charge in [0.25, 0.3) is 0 Å². The molecule has 0 aliphatic carbocycles.